The Labute approximate surface area is 170 Å². The lowest BCUT2D eigenvalue weighted by atomic mass is 10.0. The van der Waals surface area contributed by atoms with Crippen LogP contribution in [0, 0.1) is 10.1 Å². The number of hydrogen-bond acceptors (Lipinski definition) is 5. The third-order valence-corrected chi connectivity index (χ3v) is 4.65. The minimum atomic E-state index is -0.476. The van der Waals surface area contributed by atoms with Gasteiger partial charge in [0.05, 0.1) is 10.5 Å². The number of carbonyl (C=O) groups excluding carboxylic acids is 1. The quantitative estimate of drug-likeness (QED) is 0.151. The van der Waals surface area contributed by atoms with Crippen molar-refractivity contribution >= 4 is 28.5 Å². The summed E-state index contributed by atoms with van der Waals surface area (Å²) in [6.45, 7) is 0. The van der Waals surface area contributed by atoms with Crippen LogP contribution in [0.3, 0.4) is 0 Å². The summed E-state index contributed by atoms with van der Waals surface area (Å²) >= 11 is 0. The molecule has 0 radical (unpaired) electrons. The summed E-state index contributed by atoms with van der Waals surface area (Å²) in [5.41, 5.74) is 2.30. The highest BCUT2D eigenvalue weighted by atomic mass is 16.6. The first-order valence-electron chi connectivity index (χ1n) is 9.11. The molecule has 0 aliphatic heterocycles. The van der Waals surface area contributed by atoms with Crippen LogP contribution in [0.5, 0.6) is 0 Å². The van der Waals surface area contributed by atoms with Crippen LogP contribution in [0.2, 0.25) is 0 Å². The molecule has 0 aliphatic carbocycles. The summed E-state index contributed by atoms with van der Waals surface area (Å²) in [6.07, 6.45) is 3.00. The van der Waals surface area contributed by atoms with Gasteiger partial charge in [-0.2, -0.15) is 0 Å². The van der Waals surface area contributed by atoms with Gasteiger partial charge in [-0.15, -0.1) is 0 Å². The monoisotopic (exact) mass is 397 g/mol. The first-order chi connectivity index (χ1) is 14.5. The van der Waals surface area contributed by atoms with Crippen molar-refractivity contribution in [3.05, 3.63) is 117 Å². The molecule has 0 unspecified atom stereocenters. The average molecular weight is 397 g/mol. The van der Waals surface area contributed by atoms with E-state index in [-0.39, 0.29) is 11.5 Å². The van der Waals surface area contributed by atoms with Gasteiger partial charge in [-0.05, 0) is 41.5 Å². The number of non-ortho nitro benzene ring substituents is 1. The third-order valence-electron chi connectivity index (χ3n) is 4.65. The van der Waals surface area contributed by atoms with Crippen LogP contribution in [-0.4, -0.2) is 10.7 Å². The van der Waals surface area contributed by atoms with E-state index in [4.69, 9.17) is 4.42 Å². The van der Waals surface area contributed by atoms with Crippen LogP contribution in [0.1, 0.15) is 15.9 Å². The average Bonchev–Trinajstić information content (AvgIpc) is 2.77. The molecule has 146 valence electrons. The number of benzene rings is 3. The Morgan fingerprint density at radius 1 is 0.933 bits per heavy atom. The predicted molar refractivity (Wildman–Crippen MR) is 114 cm³/mol. The number of carbonyl (C=O) groups is 1. The Bertz CT molecular complexity index is 1330. The molecule has 0 bridgehead atoms. The number of nitrogens with zero attached hydrogens (tertiary/aromatic N) is 1. The van der Waals surface area contributed by atoms with E-state index in [1.807, 2.05) is 12.1 Å². The van der Waals surface area contributed by atoms with E-state index in [1.54, 1.807) is 60.7 Å². The van der Waals surface area contributed by atoms with Gasteiger partial charge in [-0.1, -0.05) is 48.5 Å². The van der Waals surface area contributed by atoms with Crippen LogP contribution < -0.4 is 5.63 Å². The molecule has 1 aromatic heterocycles. The minimum Gasteiger partial charge on any atom is -0.422 e. The fourth-order valence-corrected chi connectivity index (χ4v) is 3.05. The van der Waals surface area contributed by atoms with Gasteiger partial charge in [0.25, 0.3) is 5.69 Å². The van der Waals surface area contributed by atoms with Crippen LogP contribution in [0.25, 0.3) is 28.2 Å². The second-order valence-corrected chi connectivity index (χ2v) is 6.61. The highest BCUT2D eigenvalue weighted by molar-refractivity contribution is 6.07. The van der Waals surface area contributed by atoms with Crippen LogP contribution in [-0.2, 0) is 0 Å². The van der Waals surface area contributed by atoms with Crippen molar-refractivity contribution in [2.24, 2.45) is 0 Å². The molecule has 30 heavy (non-hydrogen) atoms. The molecular weight excluding hydrogens is 382 g/mol. The van der Waals surface area contributed by atoms with Crippen LogP contribution in [0.4, 0.5) is 5.69 Å². The third kappa shape index (κ3) is 3.93. The van der Waals surface area contributed by atoms with Gasteiger partial charge in [0.1, 0.15) is 5.58 Å². The molecule has 0 N–H and O–H groups in total. The molecule has 4 aromatic rings. The fraction of sp³-hybridized carbons (Fsp3) is 0. The van der Waals surface area contributed by atoms with Gasteiger partial charge in [0.2, 0.25) is 0 Å². The number of hydrogen-bond donors (Lipinski definition) is 0. The summed E-state index contributed by atoms with van der Waals surface area (Å²) in [5, 5.41) is 11.5. The second-order valence-electron chi connectivity index (χ2n) is 6.61. The second kappa shape index (κ2) is 7.97. The summed E-state index contributed by atoms with van der Waals surface area (Å²) in [5.74, 6) is -0.217. The van der Waals surface area contributed by atoms with Crippen molar-refractivity contribution in [1.29, 1.82) is 0 Å². The van der Waals surface area contributed by atoms with E-state index in [0.29, 0.717) is 27.8 Å². The molecule has 0 saturated carbocycles. The summed E-state index contributed by atoms with van der Waals surface area (Å²) < 4.78 is 5.36. The van der Waals surface area contributed by atoms with Crippen molar-refractivity contribution in [3.8, 4) is 11.1 Å². The lowest BCUT2D eigenvalue weighted by molar-refractivity contribution is -0.384. The SMILES string of the molecule is O=C(C=Cc1ccc([N+](=O)[O-])cc1)c1ccc(-c2cc3ccccc3oc2=O)cc1. The van der Waals surface area contributed by atoms with E-state index >= 15 is 0 Å². The Balaban J connectivity index is 1.54. The lowest BCUT2D eigenvalue weighted by Gasteiger charge is -2.03. The Morgan fingerprint density at radius 2 is 1.63 bits per heavy atom. The van der Waals surface area contributed by atoms with Gasteiger partial charge < -0.3 is 4.42 Å². The number of allylic oxidation sites excluding steroid dienone is 1. The number of nitro benzene ring substituents is 1. The Morgan fingerprint density at radius 3 is 2.33 bits per heavy atom. The first-order valence-corrected chi connectivity index (χ1v) is 9.11. The molecular formula is C24H15NO5. The van der Waals surface area contributed by atoms with Crippen molar-refractivity contribution in [2.45, 2.75) is 0 Å². The van der Waals surface area contributed by atoms with E-state index in [2.05, 4.69) is 0 Å². The fourth-order valence-electron chi connectivity index (χ4n) is 3.05. The van der Waals surface area contributed by atoms with E-state index < -0.39 is 10.5 Å². The van der Waals surface area contributed by atoms with E-state index in [0.717, 1.165) is 5.39 Å². The maximum Gasteiger partial charge on any atom is 0.344 e. The molecule has 3 aromatic carbocycles. The van der Waals surface area contributed by atoms with Gasteiger partial charge >= 0.3 is 5.63 Å². The number of fused-ring (bicyclic) bond motifs is 1. The zero-order valence-corrected chi connectivity index (χ0v) is 15.6. The lowest BCUT2D eigenvalue weighted by Crippen LogP contribution is -2.03. The maximum absolute atomic E-state index is 12.4. The molecule has 4 rings (SSSR count). The molecule has 0 amide bonds. The number of para-hydroxylation sites is 1. The smallest absolute Gasteiger partial charge is 0.344 e. The zero-order valence-electron chi connectivity index (χ0n) is 15.6. The van der Waals surface area contributed by atoms with Gasteiger partial charge in [0.15, 0.2) is 5.78 Å². The normalized spacial score (nSPS) is 11.1. The van der Waals surface area contributed by atoms with Crippen molar-refractivity contribution in [3.63, 3.8) is 0 Å². The summed E-state index contributed by atoms with van der Waals surface area (Å²) in [6, 6.07) is 21.6. The zero-order chi connectivity index (χ0) is 21.1. The number of rotatable bonds is 5. The topological polar surface area (TPSA) is 90.4 Å². The van der Waals surface area contributed by atoms with Crippen molar-refractivity contribution in [2.75, 3.05) is 0 Å². The summed E-state index contributed by atoms with van der Waals surface area (Å²) in [7, 11) is 0. The molecule has 0 fully saturated rings. The molecule has 0 spiro atoms. The van der Waals surface area contributed by atoms with Gasteiger partial charge in [0, 0.05) is 23.1 Å². The molecule has 0 atom stereocenters. The minimum absolute atomic E-state index is 0.00719. The molecule has 1 heterocycles. The maximum atomic E-state index is 12.4. The summed E-state index contributed by atoms with van der Waals surface area (Å²) in [4.78, 5) is 34.9. The number of nitro groups is 1. The molecule has 0 saturated heterocycles. The van der Waals surface area contributed by atoms with Crippen LogP contribution >= 0.6 is 0 Å². The molecule has 0 aliphatic rings. The Kier molecular flexibility index (Phi) is 5.05. The Hall–Kier alpha value is -4.32. The van der Waals surface area contributed by atoms with Crippen LogP contribution in [0.15, 0.2) is 94.2 Å². The van der Waals surface area contributed by atoms with Gasteiger partial charge in [-0.3, -0.25) is 14.9 Å². The predicted octanol–water partition coefficient (Wildman–Crippen LogP) is 5.26. The first kappa shape index (κ1) is 19.0. The van der Waals surface area contributed by atoms with Crippen molar-refractivity contribution in [1.82, 2.24) is 0 Å². The highest BCUT2D eigenvalue weighted by Gasteiger charge is 2.09. The van der Waals surface area contributed by atoms with Crippen molar-refractivity contribution < 1.29 is 14.1 Å². The molecule has 6 heteroatoms. The number of ketones is 1. The van der Waals surface area contributed by atoms with E-state index in [9.17, 15) is 19.7 Å². The molecule has 6 nitrogen and oxygen atoms in total. The van der Waals surface area contributed by atoms with E-state index in [1.165, 1.54) is 18.2 Å². The highest BCUT2D eigenvalue weighted by Crippen LogP contribution is 2.22. The van der Waals surface area contributed by atoms with Gasteiger partial charge in [-0.25, -0.2) is 4.79 Å². The standard InChI is InChI=1S/C24H15NO5/c26-22(14-7-16-5-12-20(13-6-16)25(28)29)18-10-8-17(9-11-18)21-15-19-3-1-2-4-23(19)30-24(21)27/h1-15H. The largest absolute Gasteiger partial charge is 0.422 e.